The molecule has 0 saturated carbocycles. The maximum Gasteiger partial charge on any atom is 0.234 e. The first kappa shape index (κ1) is 12.4. The molecular weight excluding hydrogens is 218 g/mol. The summed E-state index contributed by atoms with van der Waals surface area (Å²) in [5, 5.41) is 0. The quantitative estimate of drug-likeness (QED) is 0.345. The highest BCUT2D eigenvalue weighted by Gasteiger charge is 2.08. The molecule has 0 aliphatic rings. The van der Waals surface area contributed by atoms with Crippen LogP contribution in [0.2, 0.25) is 0 Å². The molecule has 0 aliphatic carbocycles. The van der Waals surface area contributed by atoms with Gasteiger partial charge in [0.2, 0.25) is 11.7 Å². The molecule has 0 bridgehead atoms. The Hall–Kier alpha value is -1.69. The van der Waals surface area contributed by atoms with Crippen LogP contribution in [0.4, 0.5) is 8.78 Å². The van der Waals surface area contributed by atoms with Gasteiger partial charge in [-0.05, 0) is 18.6 Å². The van der Waals surface area contributed by atoms with Crippen LogP contribution in [0.25, 0.3) is 0 Å². The number of halogens is 2. The second-order valence-electron chi connectivity index (χ2n) is 3.07. The van der Waals surface area contributed by atoms with Crippen LogP contribution in [-0.4, -0.2) is 12.5 Å². The third-order valence-corrected chi connectivity index (χ3v) is 1.88. The number of nitrogens with two attached hydrogens (primary N) is 1. The van der Waals surface area contributed by atoms with Crippen molar-refractivity contribution in [3.8, 4) is 5.75 Å². The lowest BCUT2D eigenvalue weighted by Gasteiger charge is -2.06. The van der Waals surface area contributed by atoms with Gasteiger partial charge in [0.15, 0.2) is 11.6 Å². The summed E-state index contributed by atoms with van der Waals surface area (Å²) in [6.45, 7) is 0.119. The van der Waals surface area contributed by atoms with Crippen molar-refractivity contribution in [2.24, 2.45) is 5.84 Å². The van der Waals surface area contributed by atoms with Gasteiger partial charge in [-0.3, -0.25) is 10.2 Å². The smallest absolute Gasteiger partial charge is 0.234 e. The first-order chi connectivity index (χ1) is 7.65. The van der Waals surface area contributed by atoms with E-state index in [1.165, 1.54) is 12.1 Å². The summed E-state index contributed by atoms with van der Waals surface area (Å²) in [6.07, 6.45) is 0.548. The zero-order valence-corrected chi connectivity index (χ0v) is 8.50. The van der Waals surface area contributed by atoms with Crippen LogP contribution in [0.5, 0.6) is 5.75 Å². The summed E-state index contributed by atoms with van der Waals surface area (Å²) in [5.41, 5.74) is 1.96. The number of nitrogens with one attached hydrogen (secondary N) is 1. The number of hydrazine groups is 1. The minimum absolute atomic E-state index is 0.119. The van der Waals surface area contributed by atoms with E-state index in [1.807, 2.05) is 5.43 Å². The van der Waals surface area contributed by atoms with Gasteiger partial charge in [0, 0.05) is 6.42 Å². The average molecular weight is 230 g/mol. The maximum absolute atomic E-state index is 13.1. The molecule has 0 aromatic heterocycles. The molecule has 0 spiro atoms. The van der Waals surface area contributed by atoms with E-state index in [0.717, 1.165) is 6.07 Å². The first-order valence-electron chi connectivity index (χ1n) is 4.71. The molecule has 0 saturated heterocycles. The van der Waals surface area contributed by atoms with Gasteiger partial charge in [0.25, 0.3) is 0 Å². The standard InChI is InChI=1S/C10H12F2N2O2/c11-7-3-1-4-8(10(7)12)16-6-2-5-9(15)14-13/h1,3-4H,2,5-6,13H2,(H,14,15). The zero-order chi connectivity index (χ0) is 12.0. The third-order valence-electron chi connectivity index (χ3n) is 1.88. The highest BCUT2D eigenvalue weighted by atomic mass is 19.2. The van der Waals surface area contributed by atoms with Crippen LogP contribution in [0.15, 0.2) is 18.2 Å². The van der Waals surface area contributed by atoms with Crippen molar-refractivity contribution >= 4 is 5.91 Å². The van der Waals surface area contributed by atoms with Crippen molar-refractivity contribution in [2.45, 2.75) is 12.8 Å². The number of carbonyl (C=O) groups excluding carboxylic acids is 1. The number of hydrogen-bond acceptors (Lipinski definition) is 3. The fourth-order valence-electron chi connectivity index (χ4n) is 1.08. The van der Waals surface area contributed by atoms with Gasteiger partial charge >= 0.3 is 0 Å². The Morgan fingerprint density at radius 2 is 2.19 bits per heavy atom. The normalized spacial score (nSPS) is 9.94. The minimum Gasteiger partial charge on any atom is -0.490 e. The van der Waals surface area contributed by atoms with E-state index in [4.69, 9.17) is 10.6 Å². The predicted octanol–water partition coefficient (Wildman–Crippen LogP) is 1.11. The Balaban J connectivity index is 2.38. The van der Waals surface area contributed by atoms with Crippen molar-refractivity contribution in [1.29, 1.82) is 0 Å². The second-order valence-corrected chi connectivity index (χ2v) is 3.07. The summed E-state index contributed by atoms with van der Waals surface area (Å²) >= 11 is 0. The fourth-order valence-corrected chi connectivity index (χ4v) is 1.08. The SMILES string of the molecule is NNC(=O)CCCOc1cccc(F)c1F. The molecule has 3 N–H and O–H groups in total. The second kappa shape index (κ2) is 6.02. The predicted molar refractivity (Wildman–Crippen MR) is 53.4 cm³/mol. The lowest BCUT2D eigenvalue weighted by molar-refractivity contribution is -0.121. The van der Waals surface area contributed by atoms with Crippen LogP contribution in [0.1, 0.15) is 12.8 Å². The fraction of sp³-hybridized carbons (Fsp3) is 0.300. The Kier molecular flexibility index (Phi) is 4.65. The molecule has 0 radical (unpaired) electrons. The van der Waals surface area contributed by atoms with Crippen molar-refractivity contribution in [1.82, 2.24) is 5.43 Å². The lowest BCUT2D eigenvalue weighted by Crippen LogP contribution is -2.30. The van der Waals surface area contributed by atoms with Crippen molar-refractivity contribution in [2.75, 3.05) is 6.61 Å². The van der Waals surface area contributed by atoms with E-state index in [1.54, 1.807) is 0 Å². The topological polar surface area (TPSA) is 64.3 Å². The van der Waals surface area contributed by atoms with Crippen molar-refractivity contribution < 1.29 is 18.3 Å². The molecule has 16 heavy (non-hydrogen) atoms. The van der Waals surface area contributed by atoms with E-state index in [9.17, 15) is 13.6 Å². The van der Waals surface area contributed by atoms with Gasteiger partial charge in [-0.25, -0.2) is 10.2 Å². The van der Waals surface area contributed by atoms with E-state index >= 15 is 0 Å². The summed E-state index contributed by atoms with van der Waals surface area (Å²) in [4.78, 5) is 10.7. The van der Waals surface area contributed by atoms with Crippen LogP contribution in [0.3, 0.4) is 0 Å². The van der Waals surface area contributed by atoms with Crippen LogP contribution < -0.4 is 16.0 Å². The van der Waals surface area contributed by atoms with Crippen LogP contribution >= 0.6 is 0 Å². The largest absolute Gasteiger partial charge is 0.490 e. The van der Waals surface area contributed by atoms with E-state index in [2.05, 4.69) is 0 Å². The van der Waals surface area contributed by atoms with Gasteiger partial charge in [0.1, 0.15) is 0 Å². The molecule has 1 rings (SSSR count). The Bertz CT molecular complexity index is 372. The molecule has 0 aliphatic heterocycles. The van der Waals surface area contributed by atoms with Gasteiger partial charge < -0.3 is 4.74 Å². The van der Waals surface area contributed by atoms with E-state index in [-0.39, 0.29) is 24.7 Å². The molecule has 0 fully saturated rings. The Morgan fingerprint density at radius 3 is 2.88 bits per heavy atom. The number of benzene rings is 1. The highest BCUT2D eigenvalue weighted by molar-refractivity contribution is 5.75. The summed E-state index contributed by atoms with van der Waals surface area (Å²) < 4.78 is 30.8. The lowest BCUT2D eigenvalue weighted by atomic mass is 10.3. The summed E-state index contributed by atoms with van der Waals surface area (Å²) in [7, 11) is 0. The molecule has 1 aromatic carbocycles. The minimum atomic E-state index is -1.02. The summed E-state index contributed by atoms with van der Waals surface area (Å²) in [6, 6.07) is 3.67. The molecule has 1 aromatic rings. The molecule has 0 atom stereocenters. The first-order valence-corrected chi connectivity index (χ1v) is 4.71. The number of hydrogen-bond donors (Lipinski definition) is 2. The molecule has 0 heterocycles. The number of carbonyl (C=O) groups is 1. The van der Waals surface area contributed by atoms with E-state index in [0.29, 0.717) is 6.42 Å². The molecular formula is C10H12F2N2O2. The summed E-state index contributed by atoms with van der Waals surface area (Å²) in [5.74, 6) is 2.39. The maximum atomic E-state index is 13.1. The van der Waals surface area contributed by atoms with Crippen molar-refractivity contribution in [3.05, 3.63) is 29.8 Å². The molecule has 0 unspecified atom stereocenters. The Morgan fingerprint density at radius 1 is 1.44 bits per heavy atom. The average Bonchev–Trinajstić information content (AvgIpc) is 2.29. The molecule has 1 amide bonds. The highest BCUT2D eigenvalue weighted by Crippen LogP contribution is 2.19. The zero-order valence-electron chi connectivity index (χ0n) is 8.50. The number of amides is 1. The van der Waals surface area contributed by atoms with Crippen LogP contribution in [0, 0.1) is 11.6 Å². The molecule has 6 heteroatoms. The molecule has 4 nitrogen and oxygen atoms in total. The van der Waals surface area contributed by atoms with Gasteiger partial charge in [-0.1, -0.05) is 6.07 Å². The monoisotopic (exact) mass is 230 g/mol. The van der Waals surface area contributed by atoms with Crippen LogP contribution in [-0.2, 0) is 4.79 Å². The Labute approximate surface area is 91.4 Å². The van der Waals surface area contributed by atoms with Gasteiger partial charge in [-0.15, -0.1) is 0 Å². The van der Waals surface area contributed by atoms with E-state index < -0.39 is 11.6 Å². The number of rotatable bonds is 5. The molecule has 88 valence electrons. The van der Waals surface area contributed by atoms with Gasteiger partial charge in [0.05, 0.1) is 6.61 Å². The number of ether oxygens (including phenoxy) is 1. The third kappa shape index (κ3) is 3.47. The van der Waals surface area contributed by atoms with Crippen molar-refractivity contribution in [3.63, 3.8) is 0 Å². The van der Waals surface area contributed by atoms with Gasteiger partial charge in [-0.2, -0.15) is 4.39 Å².